The van der Waals surface area contributed by atoms with Gasteiger partial charge in [0.05, 0.1) is 6.61 Å². The highest BCUT2D eigenvalue weighted by Crippen LogP contribution is 2.45. The van der Waals surface area contributed by atoms with Crippen molar-refractivity contribution in [2.75, 3.05) is 6.61 Å². The predicted molar refractivity (Wildman–Crippen MR) is 86.6 cm³/mol. The third-order valence-electron chi connectivity index (χ3n) is 4.40. The predicted octanol–water partition coefficient (Wildman–Crippen LogP) is 4.15. The van der Waals surface area contributed by atoms with Gasteiger partial charge in [-0.05, 0) is 42.7 Å². The van der Waals surface area contributed by atoms with Gasteiger partial charge in [0.15, 0.2) is 0 Å². The minimum atomic E-state index is -0.359. The lowest BCUT2D eigenvalue weighted by atomic mass is 9.91. The van der Waals surface area contributed by atoms with Crippen molar-refractivity contribution in [2.24, 2.45) is 0 Å². The fourth-order valence-corrected chi connectivity index (χ4v) is 3.47. The molecule has 3 aromatic rings. The Morgan fingerprint density at radius 2 is 2.00 bits per heavy atom. The summed E-state index contributed by atoms with van der Waals surface area (Å²) in [5.41, 5.74) is 4.58. The minimum absolute atomic E-state index is 0.287. The number of ether oxygens (including phenoxy) is 1. The first-order valence-electron chi connectivity index (χ1n) is 7.55. The van der Waals surface area contributed by atoms with E-state index in [1.54, 1.807) is 6.07 Å². The average Bonchev–Trinajstić information content (AvgIpc) is 2.96. The summed E-state index contributed by atoms with van der Waals surface area (Å²) >= 11 is 0. The monoisotopic (exact) mass is 310 g/mol. The Hall–Kier alpha value is -2.62. The normalized spacial score (nSPS) is 13.2. The zero-order chi connectivity index (χ0) is 16.1. The van der Waals surface area contributed by atoms with Crippen molar-refractivity contribution in [2.45, 2.75) is 20.3 Å². The molecule has 3 nitrogen and oxygen atoms in total. The van der Waals surface area contributed by atoms with Gasteiger partial charge in [-0.1, -0.05) is 12.1 Å². The largest absolute Gasteiger partial charge is 0.492 e. The lowest BCUT2D eigenvalue weighted by molar-refractivity contribution is 0.358. The summed E-state index contributed by atoms with van der Waals surface area (Å²) in [6.45, 7) is 4.38. The third kappa shape index (κ3) is 2.05. The second kappa shape index (κ2) is 4.95. The van der Waals surface area contributed by atoms with Crippen LogP contribution in [0.5, 0.6) is 5.75 Å². The first kappa shape index (κ1) is 14.0. The van der Waals surface area contributed by atoms with Gasteiger partial charge in [0, 0.05) is 29.0 Å². The number of hydrogen-bond donors (Lipinski definition) is 0. The van der Waals surface area contributed by atoms with Crippen LogP contribution >= 0.6 is 0 Å². The molecular formula is C19H15FO3. The van der Waals surface area contributed by atoms with E-state index in [0.717, 1.165) is 33.2 Å². The molecule has 4 rings (SSSR count). The Balaban J connectivity index is 2.18. The summed E-state index contributed by atoms with van der Waals surface area (Å²) < 4.78 is 25.0. The molecule has 116 valence electrons. The number of aryl methyl sites for hydroxylation is 2. The minimum Gasteiger partial charge on any atom is -0.492 e. The molecule has 1 aromatic heterocycles. The average molecular weight is 310 g/mol. The van der Waals surface area contributed by atoms with Crippen molar-refractivity contribution in [1.82, 2.24) is 0 Å². The molecule has 2 aromatic carbocycles. The molecule has 0 fully saturated rings. The first-order valence-corrected chi connectivity index (χ1v) is 7.55. The molecule has 0 saturated carbocycles. The number of benzene rings is 2. The van der Waals surface area contributed by atoms with Crippen molar-refractivity contribution in [1.29, 1.82) is 0 Å². The van der Waals surface area contributed by atoms with Gasteiger partial charge in [-0.3, -0.25) is 0 Å². The molecule has 4 heteroatoms. The van der Waals surface area contributed by atoms with Crippen LogP contribution in [0, 0.1) is 19.7 Å². The summed E-state index contributed by atoms with van der Waals surface area (Å²) in [4.78, 5) is 11.8. The number of hydrogen-bond acceptors (Lipinski definition) is 3. The molecule has 0 radical (unpaired) electrons. The van der Waals surface area contributed by atoms with Crippen LogP contribution in [0.4, 0.5) is 4.39 Å². The van der Waals surface area contributed by atoms with Crippen LogP contribution in [0.15, 0.2) is 39.5 Å². The van der Waals surface area contributed by atoms with E-state index in [2.05, 4.69) is 0 Å². The second-order valence-electron chi connectivity index (χ2n) is 5.87. The van der Waals surface area contributed by atoms with E-state index in [0.29, 0.717) is 24.4 Å². The van der Waals surface area contributed by atoms with E-state index in [-0.39, 0.29) is 11.4 Å². The highest BCUT2D eigenvalue weighted by Gasteiger charge is 2.26. The van der Waals surface area contributed by atoms with E-state index in [4.69, 9.17) is 9.15 Å². The lowest BCUT2D eigenvalue weighted by Crippen LogP contribution is -2.02. The maximum absolute atomic E-state index is 13.7. The van der Waals surface area contributed by atoms with Gasteiger partial charge in [-0.15, -0.1) is 0 Å². The molecular weight excluding hydrogens is 295 g/mol. The number of fused-ring (bicyclic) bond motifs is 3. The van der Waals surface area contributed by atoms with Crippen LogP contribution in [0.1, 0.15) is 16.7 Å². The van der Waals surface area contributed by atoms with Crippen LogP contribution in [-0.2, 0) is 6.42 Å². The van der Waals surface area contributed by atoms with E-state index < -0.39 is 0 Å². The van der Waals surface area contributed by atoms with Gasteiger partial charge < -0.3 is 9.15 Å². The molecule has 0 spiro atoms. The molecule has 0 unspecified atom stereocenters. The lowest BCUT2D eigenvalue weighted by Gasteiger charge is -2.16. The van der Waals surface area contributed by atoms with Gasteiger partial charge in [0.25, 0.3) is 0 Å². The van der Waals surface area contributed by atoms with Crippen LogP contribution in [0.3, 0.4) is 0 Å². The quantitative estimate of drug-likeness (QED) is 0.634. The standard InChI is InChI=1S/C19H15FO3/c1-10-8-15(21)23-19-14-6-7-22-18(14)17(11(2)16(10)19)12-4-3-5-13(20)9-12/h3-5,8-9H,6-7H2,1-2H3. The molecule has 2 heterocycles. The number of rotatable bonds is 1. The highest BCUT2D eigenvalue weighted by atomic mass is 19.1. The fourth-order valence-electron chi connectivity index (χ4n) is 3.47. The van der Waals surface area contributed by atoms with Crippen LogP contribution in [-0.4, -0.2) is 6.61 Å². The van der Waals surface area contributed by atoms with Crippen molar-refractivity contribution in [3.05, 3.63) is 63.3 Å². The Morgan fingerprint density at radius 1 is 1.17 bits per heavy atom. The molecule has 0 amide bonds. The molecule has 0 bridgehead atoms. The Kier molecular flexibility index (Phi) is 3.01. The van der Waals surface area contributed by atoms with E-state index in [1.165, 1.54) is 18.2 Å². The Labute approximate surface area is 132 Å². The third-order valence-corrected chi connectivity index (χ3v) is 4.40. The zero-order valence-electron chi connectivity index (χ0n) is 12.9. The van der Waals surface area contributed by atoms with Crippen molar-refractivity contribution < 1.29 is 13.5 Å². The Morgan fingerprint density at radius 3 is 2.78 bits per heavy atom. The van der Waals surface area contributed by atoms with Gasteiger partial charge in [0.2, 0.25) is 0 Å². The van der Waals surface area contributed by atoms with Crippen molar-refractivity contribution in [3.63, 3.8) is 0 Å². The topological polar surface area (TPSA) is 39.4 Å². The van der Waals surface area contributed by atoms with Crippen LogP contribution in [0.2, 0.25) is 0 Å². The van der Waals surface area contributed by atoms with E-state index in [1.807, 2.05) is 19.9 Å². The van der Waals surface area contributed by atoms with E-state index >= 15 is 0 Å². The summed E-state index contributed by atoms with van der Waals surface area (Å²) in [7, 11) is 0. The number of halogens is 1. The Bertz CT molecular complexity index is 1000. The van der Waals surface area contributed by atoms with Crippen molar-refractivity contribution in [3.8, 4) is 16.9 Å². The molecule has 1 aliphatic heterocycles. The summed E-state index contributed by atoms with van der Waals surface area (Å²) in [6, 6.07) is 7.98. The second-order valence-corrected chi connectivity index (χ2v) is 5.87. The summed E-state index contributed by atoms with van der Waals surface area (Å²) in [5, 5.41) is 0.910. The van der Waals surface area contributed by atoms with Gasteiger partial charge in [-0.2, -0.15) is 0 Å². The SMILES string of the molecule is Cc1cc(=O)oc2c3c(c(-c4cccc(F)c4)c(C)c12)OCC3. The molecule has 0 aliphatic carbocycles. The maximum Gasteiger partial charge on any atom is 0.336 e. The smallest absolute Gasteiger partial charge is 0.336 e. The van der Waals surface area contributed by atoms with Crippen LogP contribution in [0.25, 0.3) is 22.1 Å². The molecule has 0 saturated heterocycles. The van der Waals surface area contributed by atoms with Crippen molar-refractivity contribution >= 4 is 11.0 Å². The van der Waals surface area contributed by atoms with Gasteiger partial charge in [-0.25, -0.2) is 9.18 Å². The van der Waals surface area contributed by atoms with Crippen LogP contribution < -0.4 is 10.4 Å². The summed E-state index contributed by atoms with van der Waals surface area (Å²) in [6.07, 6.45) is 0.681. The summed E-state index contributed by atoms with van der Waals surface area (Å²) in [5.74, 6) is 0.416. The van der Waals surface area contributed by atoms with E-state index in [9.17, 15) is 9.18 Å². The fraction of sp³-hybridized carbons (Fsp3) is 0.211. The molecule has 23 heavy (non-hydrogen) atoms. The maximum atomic E-state index is 13.7. The molecule has 0 atom stereocenters. The highest BCUT2D eigenvalue weighted by molar-refractivity contribution is 5.96. The first-order chi connectivity index (χ1) is 11.1. The van der Waals surface area contributed by atoms with Gasteiger partial charge >= 0.3 is 5.63 Å². The molecule has 0 N–H and O–H groups in total. The zero-order valence-corrected chi connectivity index (χ0v) is 12.9. The molecule has 1 aliphatic rings. The van der Waals surface area contributed by atoms with Gasteiger partial charge in [0.1, 0.15) is 17.1 Å².